The maximum absolute atomic E-state index is 13.3. The fourth-order valence-electron chi connectivity index (χ4n) is 4.45. The van der Waals surface area contributed by atoms with Gasteiger partial charge in [0.1, 0.15) is 6.29 Å². The molecule has 7 heteroatoms. The molecule has 1 aliphatic heterocycles. The molecule has 174 valence electrons. The molecule has 0 aromatic heterocycles. The second-order valence-corrected chi connectivity index (χ2v) is 8.16. The molecule has 4 rings (SSSR count). The molecule has 0 bridgehead atoms. The predicted molar refractivity (Wildman–Crippen MR) is 129 cm³/mol. The molecular weight excluding hydrogens is 432 g/mol. The van der Waals surface area contributed by atoms with Gasteiger partial charge in [0.15, 0.2) is 0 Å². The molecule has 0 spiro atoms. The van der Waals surface area contributed by atoms with Gasteiger partial charge in [-0.15, -0.1) is 0 Å². The molecule has 1 N–H and O–H groups in total. The first-order chi connectivity index (χ1) is 16.5. The van der Waals surface area contributed by atoms with Gasteiger partial charge in [0.2, 0.25) is 5.91 Å². The molecule has 0 fully saturated rings. The highest BCUT2D eigenvalue weighted by atomic mass is 16.5. The summed E-state index contributed by atoms with van der Waals surface area (Å²) in [5, 5.41) is 4.27. The van der Waals surface area contributed by atoms with E-state index in [9.17, 15) is 19.2 Å². The van der Waals surface area contributed by atoms with Crippen LogP contribution in [0.1, 0.15) is 51.6 Å². The van der Waals surface area contributed by atoms with Crippen molar-refractivity contribution in [2.75, 3.05) is 18.6 Å². The van der Waals surface area contributed by atoms with Gasteiger partial charge < -0.3 is 14.8 Å². The summed E-state index contributed by atoms with van der Waals surface area (Å²) in [4.78, 5) is 50.5. The van der Waals surface area contributed by atoms with Crippen molar-refractivity contribution in [3.8, 4) is 0 Å². The molecule has 1 atom stereocenters. The molecule has 7 nitrogen and oxygen atoms in total. The number of nitrogens with zero attached hydrogens (tertiary/aromatic N) is 1. The van der Waals surface area contributed by atoms with Crippen LogP contribution in [0.4, 0.5) is 5.69 Å². The second kappa shape index (κ2) is 9.87. The number of benzene rings is 3. The zero-order chi connectivity index (χ0) is 24.2. The first kappa shape index (κ1) is 23.2. The molecule has 34 heavy (non-hydrogen) atoms. The van der Waals surface area contributed by atoms with Crippen LogP contribution >= 0.6 is 0 Å². The van der Waals surface area contributed by atoms with E-state index in [0.29, 0.717) is 29.8 Å². The van der Waals surface area contributed by atoms with E-state index in [1.165, 1.54) is 4.90 Å². The van der Waals surface area contributed by atoms with E-state index in [1.54, 1.807) is 26.1 Å². The van der Waals surface area contributed by atoms with Gasteiger partial charge in [-0.05, 0) is 60.5 Å². The largest absolute Gasteiger partial charge is 0.462 e. The number of nitrogens with one attached hydrogen (secondary N) is 1. The van der Waals surface area contributed by atoms with Gasteiger partial charge in [-0.1, -0.05) is 30.3 Å². The number of hydrogen-bond acceptors (Lipinski definition) is 5. The van der Waals surface area contributed by atoms with Gasteiger partial charge in [-0.25, -0.2) is 4.79 Å². The molecule has 1 aliphatic rings. The van der Waals surface area contributed by atoms with E-state index < -0.39 is 6.04 Å². The van der Waals surface area contributed by atoms with Gasteiger partial charge in [-0.2, -0.15) is 0 Å². The molecule has 3 aromatic rings. The van der Waals surface area contributed by atoms with Gasteiger partial charge in [0.05, 0.1) is 23.9 Å². The number of ether oxygens (including phenoxy) is 1. The highest BCUT2D eigenvalue weighted by molar-refractivity contribution is 6.26. The standard InChI is InChI=1S/C27H26N2O5/c1-3-34-27(33)19-7-4-6-17(15-19)14-18-10-12-22-25-21(18)8-5-9-23(25)29(26(22)32)20(16-30)11-13-24(31)28-2/h4-10,12,15-16,20H,3,11,13-14H2,1-2H3,(H,28,31). The Morgan fingerprint density at radius 2 is 1.91 bits per heavy atom. The van der Waals surface area contributed by atoms with Crippen LogP contribution in [0.2, 0.25) is 0 Å². The summed E-state index contributed by atoms with van der Waals surface area (Å²) < 4.78 is 5.11. The smallest absolute Gasteiger partial charge is 0.338 e. The summed E-state index contributed by atoms with van der Waals surface area (Å²) in [6, 6.07) is 16.0. The zero-order valence-corrected chi connectivity index (χ0v) is 19.2. The minimum absolute atomic E-state index is 0.151. The van der Waals surface area contributed by atoms with Crippen LogP contribution in [0.3, 0.4) is 0 Å². The Labute approximate surface area is 197 Å². The van der Waals surface area contributed by atoms with Crippen molar-refractivity contribution >= 4 is 40.5 Å². The Morgan fingerprint density at radius 1 is 1.12 bits per heavy atom. The predicted octanol–water partition coefficient (Wildman–Crippen LogP) is 3.66. The SMILES string of the molecule is CCOC(=O)c1cccc(Cc2ccc3c4c(cccc24)N(C(C=O)CCC(=O)NC)C3=O)c1. The van der Waals surface area contributed by atoms with Crippen molar-refractivity contribution in [1.82, 2.24) is 5.32 Å². The lowest BCUT2D eigenvalue weighted by atomic mass is 9.95. The fraction of sp³-hybridized carbons (Fsp3) is 0.259. The molecule has 0 saturated heterocycles. The Hall–Kier alpha value is -4.00. The van der Waals surface area contributed by atoms with Crippen LogP contribution in [-0.2, 0) is 20.7 Å². The van der Waals surface area contributed by atoms with Crippen LogP contribution < -0.4 is 10.2 Å². The normalized spacial score (nSPS) is 13.1. The molecule has 1 heterocycles. The average molecular weight is 459 g/mol. The molecule has 2 amide bonds. The van der Waals surface area contributed by atoms with Gasteiger partial charge >= 0.3 is 5.97 Å². The van der Waals surface area contributed by atoms with Gasteiger partial charge in [0, 0.05) is 24.4 Å². The zero-order valence-electron chi connectivity index (χ0n) is 19.2. The van der Waals surface area contributed by atoms with E-state index in [0.717, 1.165) is 28.2 Å². The first-order valence-electron chi connectivity index (χ1n) is 11.3. The number of carbonyl (C=O) groups is 4. The lowest BCUT2D eigenvalue weighted by molar-refractivity contribution is -0.120. The molecule has 0 aliphatic carbocycles. The van der Waals surface area contributed by atoms with Crippen molar-refractivity contribution in [3.05, 3.63) is 76.9 Å². The molecule has 3 aromatic carbocycles. The van der Waals surface area contributed by atoms with Crippen molar-refractivity contribution in [1.29, 1.82) is 0 Å². The van der Waals surface area contributed by atoms with Crippen molar-refractivity contribution in [3.63, 3.8) is 0 Å². The minimum Gasteiger partial charge on any atom is -0.462 e. The first-order valence-corrected chi connectivity index (χ1v) is 11.3. The van der Waals surface area contributed by atoms with Crippen LogP contribution in [0.15, 0.2) is 54.6 Å². The van der Waals surface area contributed by atoms with Crippen LogP contribution in [0.25, 0.3) is 10.8 Å². The summed E-state index contributed by atoms with van der Waals surface area (Å²) in [6.45, 7) is 2.08. The number of rotatable bonds is 9. The van der Waals surface area contributed by atoms with Crippen molar-refractivity contribution in [2.24, 2.45) is 0 Å². The topological polar surface area (TPSA) is 92.8 Å². The molecule has 0 radical (unpaired) electrons. The summed E-state index contributed by atoms with van der Waals surface area (Å²) in [6.07, 6.45) is 1.69. The molecule has 0 saturated carbocycles. The maximum Gasteiger partial charge on any atom is 0.338 e. The number of esters is 1. The monoisotopic (exact) mass is 458 g/mol. The number of amides is 2. The van der Waals surface area contributed by atoms with E-state index in [4.69, 9.17) is 4.74 Å². The maximum atomic E-state index is 13.3. The third-order valence-corrected chi connectivity index (χ3v) is 6.09. The van der Waals surface area contributed by atoms with Crippen LogP contribution in [0.5, 0.6) is 0 Å². The third kappa shape index (κ3) is 4.29. The van der Waals surface area contributed by atoms with Crippen LogP contribution in [-0.4, -0.2) is 43.8 Å². The number of anilines is 1. The lowest BCUT2D eigenvalue weighted by Crippen LogP contribution is -2.39. The van der Waals surface area contributed by atoms with Crippen LogP contribution in [0, 0.1) is 0 Å². The van der Waals surface area contributed by atoms with Crippen molar-refractivity contribution < 1.29 is 23.9 Å². The Kier molecular flexibility index (Phi) is 6.72. The second-order valence-electron chi connectivity index (χ2n) is 8.16. The molecular formula is C27H26N2O5. The average Bonchev–Trinajstić information content (AvgIpc) is 3.14. The Bertz CT molecular complexity index is 1280. The van der Waals surface area contributed by atoms with E-state index in [2.05, 4.69) is 5.32 Å². The minimum atomic E-state index is -0.729. The number of carbonyl (C=O) groups excluding carboxylic acids is 4. The van der Waals surface area contributed by atoms with E-state index >= 15 is 0 Å². The lowest BCUT2D eigenvalue weighted by Gasteiger charge is -2.24. The summed E-state index contributed by atoms with van der Waals surface area (Å²) in [7, 11) is 1.54. The fourth-order valence-corrected chi connectivity index (χ4v) is 4.45. The Morgan fingerprint density at radius 3 is 2.65 bits per heavy atom. The van der Waals surface area contributed by atoms with Gasteiger partial charge in [-0.3, -0.25) is 14.5 Å². The highest BCUT2D eigenvalue weighted by Crippen LogP contribution is 2.40. The number of hydrogen-bond donors (Lipinski definition) is 1. The summed E-state index contributed by atoms with van der Waals surface area (Å²) in [5.41, 5.74) is 3.67. The highest BCUT2D eigenvalue weighted by Gasteiger charge is 2.35. The number of aldehydes is 1. The summed E-state index contributed by atoms with van der Waals surface area (Å²) >= 11 is 0. The van der Waals surface area contributed by atoms with E-state index in [-0.39, 0.29) is 30.6 Å². The Balaban J connectivity index is 1.69. The van der Waals surface area contributed by atoms with E-state index in [1.807, 2.05) is 42.5 Å². The molecule has 1 unspecified atom stereocenters. The van der Waals surface area contributed by atoms with Crippen molar-refractivity contribution in [2.45, 2.75) is 32.2 Å². The third-order valence-electron chi connectivity index (χ3n) is 6.09. The van der Waals surface area contributed by atoms with Gasteiger partial charge in [0.25, 0.3) is 5.91 Å². The summed E-state index contributed by atoms with van der Waals surface area (Å²) in [5.74, 6) is -0.778. The quantitative estimate of drug-likeness (QED) is 0.390.